The fraction of sp³-hybridized carbons (Fsp3) is 0. The molecule has 0 fully saturated rings. The minimum Gasteiger partial charge on any atom is -1.00 e. The summed E-state index contributed by atoms with van der Waals surface area (Å²) in [4.78, 5) is 19.8. The molecule has 0 saturated carbocycles. The van der Waals surface area contributed by atoms with Gasteiger partial charge in [0.15, 0.2) is 11.3 Å². The topological polar surface area (TPSA) is 80.4 Å². The fourth-order valence-electron chi connectivity index (χ4n) is 2.61. The SMILES string of the molecule is O=C(O)c1cc(-c2ccccn2)n2nc(-c3ccc(Br)cc3F)cc2n1.[H-].[K+]. The van der Waals surface area contributed by atoms with Gasteiger partial charge in [-0.3, -0.25) is 4.98 Å². The van der Waals surface area contributed by atoms with Crippen molar-refractivity contribution >= 4 is 27.5 Å². The van der Waals surface area contributed by atoms with Gasteiger partial charge in [0.05, 0.1) is 17.1 Å². The van der Waals surface area contributed by atoms with Crippen LogP contribution in [0.2, 0.25) is 0 Å². The van der Waals surface area contributed by atoms with Crippen molar-refractivity contribution in [1.29, 1.82) is 0 Å². The number of rotatable bonds is 3. The monoisotopic (exact) mass is 452 g/mol. The summed E-state index contributed by atoms with van der Waals surface area (Å²) in [6, 6.07) is 12.9. The van der Waals surface area contributed by atoms with Crippen molar-refractivity contribution in [3.63, 3.8) is 0 Å². The van der Waals surface area contributed by atoms with Crippen LogP contribution in [-0.2, 0) is 0 Å². The first-order chi connectivity index (χ1) is 12.5. The first-order valence-corrected chi connectivity index (χ1v) is 8.33. The first kappa shape index (κ1) is 20.2. The van der Waals surface area contributed by atoms with Crippen LogP contribution in [0.1, 0.15) is 11.9 Å². The minimum absolute atomic E-state index is 0. The Morgan fingerprint density at radius 1 is 1.15 bits per heavy atom. The molecule has 0 atom stereocenters. The van der Waals surface area contributed by atoms with Crippen molar-refractivity contribution in [1.82, 2.24) is 19.6 Å². The van der Waals surface area contributed by atoms with Gasteiger partial charge < -0.3 is 6.53 Å². The minimum atomic E-state index is -1.16. The van der Waals surface area contributed by atoms with Crippen molar-refractivity contribution in [2.24, 2.45) is 0 Å². The molecule has 0 spiro atoms. The molecule has 0 bridgehead atoms. The van der Waals surface area contributed by atoms with Gasteiger partial charge in [0, 0.05) is 22.3 Å². The number of nitrogens with zero attached hydrogens (tertiary/aromatic N) is 4. The second kappa shape index (κ2) is 8.25. The van der Waals surface area contributed by atoms with E-state index in [1.54, 1.807) is 42.6 Å². The van der Waals surface area contributed by atoms with Crippen molar-refractivity contribution in [3.8, 4) is 22.6 Å². The van der Waals surface area contributed by atoms with Gasteiger partial charge in [-0.15, -0.1) is 0 Å². The summed E-state index contributed by atoms with van der Waals surface area (Å²) in [5, 5.41) is 13.8. The molecule has 0 radical (unpaired) electrons. The standard InChI is InChI=1S/C18H10BrFN4O2.K.H/c19-10-4-5-11(12(20)7-10)14-9-17-22-15(18(25)26)8-16(24(17)23-14)13-3-1-2-6-21-13;;/h1-9H,(H,25,26);;/q;+1;-1. The van der Waals surface area contributed by atoms with Crippen LogP contribution in [0.5, 0.6) is 0 Å². The van der Waals surface area contributed by atoms with Gasteiger partial charge in [-0.2, -0.15) is 5.10 Å². The average molecular weight is 453 g/mol. The van der Waals surface area contributed by atoms with E-state index in [4.69, 9.17) is 0 Å². The number of hydrogen-bond acceptors (Lipinski definition) is 4. The zero-order chi connectivity index (χ0) is 18.3. The maximum Gasteiger partial charge on any atom is 1.00 e. The predicted octanol–water partition coefficient (Wildman–Crippen LogP) is 1.17. The van der Waals surface area contributed by atoms with Crippen molar-refractivity contribution < 1.29 is 67.1 Å². The van der Waals surface area contributed by atoms with Gasteiger partial charge in [-0.05, 0) is 36.4 Å². The molecule has 6 nitrogen and oxygen atoms in total. The zero-order valence-electron chi connectivity index (χ0n) is 15.1. The Kier molecular flexibility index (Phi) is 6.19. The molecule has 1 N–H and O–H groups in total. The normalized spacial score (nSPS) is 10.6. The molecule has 1 aromatic carbocycles. The van der Waals surface area contributed by atoms with E-state index in [0.29, 0.717) is 32.8 Å². The van der Waals surface area contributed by atoms with E-state index in [9.17, 15) is 14.3 Å². The summed E-state index contributed by atoms with van der Waals surface area (Å²) < 4.78 is 16.4. The number of carboxylic acid groups (broad SMARTS) is 1. The van der Waals surface area contributed by atoms with Gasteiger partial charge in [-0.1, -0.05) is 22.0 Å². The molecule has 0 unspecified atom stereocenters. The molecule has 0 saturated heterocycles. The Morgan fingerprint density at radius 3 is 2.63 bits per heavy atom. The largest absolute Gasteiger partial charge is 1.00 e. The van der Waals surface area contributed by atoms with Crippen LogP contribution in [0.15, 0.2) is 59.2 Å². The third-order valence-electron chi connectivity index (χ3n) is 3.78. The Balaban J connectivity index is 0.00000140. The number of pyridine rings is 1. The second-order valence-electron chi connectivity index (χ2n) is 5.47. The van der Waals surface area contributed by atoms with Crippen LogP contribution in [0.3, 0.4) is 0 Å². The van der Waals surface area contributed by atoms with E-state index in [0.717, 1.165) is 0 Å². The van der Waals surface area contributed by atoms with Crippen LogP contribution in [0, 0.1) is 5.82 Å². The molecule has 27 heavy (non-hydrogen) atoms. The third kappa shape index (κ3) is 4.03. The molecule has 0 amide bonds. The third-order valence-corrected chi connectivity index (χ3v) is 4.27. The molecule has 0 aliphatic rings. The fourth-order valence-corrected chi connectivity index (χ4v) is 2.94. The maximum atomic E-state index is 14.3. The van der Waals surface area contributed by atoms with E-state index in [2.05, 4.69) is 31.0 Å². The van der Waals surface area contributed by atoms with E-state index >= 15 is 0 Å². The Hall–Kier alpha value is -1.49. The molecular weight excluding hydrogens is 442 g/mol. The second-order valence-corrected chi connectivity index (χ2v) is 6.39. The number of hydrogen-bond donors (Lipinski definition) is 1. The average Bonchev–Trinajstić information content (AvgIpc) is 3.05. The molecular formula is C18H11BrFKN4O2. The van der Waals surface area contributed by atoms with Gasteiger partial charge in [-0.25, -0.2) is 18.7 Å². The number of aromatic carboxylic acids is 1. The number of benzene rings is 1. The summed E-state index contributed by atoms with van der Waals surface area (Å²) in [6.45, 7) is 0. The number of halogens is 2. The number of aromatic nitrogens is 4. The molecule has 9 heteroatoms. The van der Waals surface area contributed by atoms with Gasteiger partial charge in [0.25, 0.3) is 0 Å². The molecule has 0 aliphatic carbocycles. The van der Waals surface area contributed by atoms with Crippen molar-refractivity contribution in [2.45, 2.75) is 0 Å². The summed E-state index contributed by atoms with van der Waals surface area (Å²) in [5.74, 6) is -1.61. The zero-order valence-corrected chi connectivity index (χ0v) is 18.8. The van der Waals surface area contributed by atoms with E-state index in [1.807, 2.05) is 0 Å². The maximum absolute atomic E-state index is 14.3. The molecule has 3 aromatic heterocycles. The molecule has 3 heterocycles. The van der Waals surface area contributed by atoms with Crippen LogP contribution in [-0.4, -0.2) is 30.7 Å². The number of fused-ring (bicyclic) bond motifs is 1. The van der Waals surface area contributed by atoms with E-state index < -0.39 is 11.8 Å². The molecule has 130 valence electrons. The summed E-state index contributed by atoms with van der Waals surface area (Å²) >= 11 is 3.22. The Labute approximate surface area is 205 Å². The number of carbonyl (C=O) groups is 1. The van der Waals surface area contributed by atoms with E-state index in [1.165, 1.54) is 16.6 Å². The van der Waals surface area contributed by atoms with Crippen LogP contribution in [0.25, 0.3) is 28.3 Å². The Bertz CT molecular complexity index is 1160. The summed E-state index contributed by atoms with van der Waals surface area (Å²) in [6.07, 6.45) is 1.60. The van der Waals surface area contributed by atoms with Crippen LogP contribution in [0.4, 0.5) is 4.39 Å². The van der Waals surface area contributed by atoms with E-state index in [-0.39, 0.29) is 58.5 Å². The molecule has 4 rings (SSSR count). The molecule has 0 aliphatic heterocycles. The summed E-state index contributed by atoms with van der Waals surface area (Å²) in [7, 11) is 0. The predicted molar refractivity (Wildman–Crippen MR) is 97.4 cm³/mol. The first-order valence-electron chi connectivity index (χ1n) is 7.54. The van der Waals surface area contributed by atoms with Crippen molar-refractivity contribution in [2.75, 3.05) is 0 Å². The molecule has 4 aromatic rings. The van der Waals surface area contributed by atoms with Gasteiger partial charge in [0.2, 0.25) is 0 Å². The summed E-state index contributed by atoms with van der Waals surface area (Å²) in [5.41, 5.74) is 1.79. The smallest absolute Gasteiger partial charge is 1.00 e. The number of carboxylic acids is 1. The van der Waals surface area contributed by atoms with Crippen LogP contribution < -0.4 is 51.4 Å². The van der Waals surface area contributed by atoms with Gasteiger partial charge >= 0.3 is 57.4 Å². The quantitative estimate of drug-likeness (QED) is 0.472. The van der Waals surface area contributed by atoms with Gasteiger partial charge in [0.1, 0.15) is 5.82 Å². The Morgan fingerprint density at radius 2 is 1.96 bits per heavy atom. The van der Waals surface area contributed by atoms with Crippen molar-refractivity contribution in [3.05, 3.63) is 70.7 Å². The van der Waals surface area contributed by atoms with Crippen LogP contribution >= 0.6 is 15.9 Å².